The molecule has 5 atom stereocenters. The number of phenols is 1. The van der Waals surface area contributed by atoms with Crippen molar-refractivity contribution in [2.45, 2.75) is 71.3 Å². The van der Waals surface area contributed by atoms with Crippen LogP contribution in [0, 0.1) is 19.3 Å². The minimum atomic E-state index is -1.39. The molecule has 0 spiro atoms. The molecule has 246 valence electrons. The first-order chi connectivity index (χ1) is 21.2. The number of carbonyl (C=O) groups is 2. The molecule has 0 aliphatic carbocycles. The Morgan fingerprint density at radius 1 is 0.844 bits per heavy atom. The van der Waals surface area contributed by atoms with Gasteiger partial charge in [0.15, 0.2) is 23.0 Å². The van der Waals surface area contributed by atoms with Crippen LogP contribution in [0.1, 0.15) is 72.3 Å². The van der Waals surface area contributed by atoms with Gasteiger partial charge in [0.2, 0.25) is 5.91 Å². The summed E-state index contributed by atoms with van der Waals surface area (Å²) in [4.78, 5) is 31.2. The number of hydrogen-bond acceptors (Lipinski definition) is 11. The fourth-order valence-electron chi connectivity index (χ4n) is 7.46. The van der Waals surface area contributed by atoms with Crippen LogP contribution in [0.3, 0.4) is 0 Å². The van der Waals surface area contributed by atoms with E-state index in [1.165, 1.54) is 14.2 Å². The number of likely N-dealkylation sites (N-methyl/N-ethyl adjacent to an activating group) is 1. The highest BCUT2D eigenvalue weighted by Crippen LogP contribution is 2.60. The van der Waals surface area contributed by atoms with Gasteiger partial charge in [0, 0.05) is 39.8 Å². The smallest absolute Gasteiger partial charge is 0.311 e. The van der Waals surface area contributed by atoms with E-state index in [4.69, 9.17) is 28.4 Å². The highest BCUT2D eigenvalue weighted by atomic mass is 16.5. The standard InChI is InChI=1S/C33H44N2O10/c1-14-24(36)21-20(30(44-11)27(14)41-8)18(13-45-32(39)33(3,4)5)35-23(25(21)37)22-19-16(12-17(31(35)38)34(22)6)26(40-7)15(2)28(42-9)29(19)43-10/h17-18,22-23,25,36-37H,12-13H2,1-11H3/t17-,18-,22+,23+,25+/m0/s1. The van der Waals surface area contributed by atoms with Crippen molar-refractivity contribution < 1.29 is 48.2 Å². The van der Waals surface area contributed by atoms with Crippen molar-refractivity contribution in [3.63, 3.8) is 0 Å². The van der Waals surface area contributed by atoms with Crippen molar-refractivity contribution in [2.75, 3.05) is 49.2 Å². The maximum Gasteiger partial charge on any atom is 0.311 e. The molecular weight excluding hydrogens is 584 g/mol. The monoisotopic (exact) mass is 628 g/mol. The van der Waals surface area contributed by atoms with E-state index in [9.17, 15) is 19.8 Å². The molecule has 2 aromatic carbocycles. The third kappa shape index (κ3) is 4.55. The molecule has 3 aliphatic rings. The largest absolute Gasteiger partial charge is 0.507 e. The van der Waals surface area contributed by atoms with Crippen molar-refractivity contribution in [2.24, 2.45) is 5.41 Å². The van der Waals surface area contributed by atoms with Crippen molar-refractivity contribution >= 4 is 11.9 Å². The molecule has 2 bridgehead atoms. The molecule has 1 saturated heterocycles. The summed E-state index contributed by atoms with van der Waals surface area (Å²) in [6, 6.07) is -3.15. The molecule has 5 rings (SSSR count). The Kier molecular flexibility index (Phi) is 8.28. The van der Waals surface area contributed by atoms with E-state index in [-0.39, 0.29) is 35.3 Å². The Balaban J connectivity index is 1.84. The predicted octanol–water partition coefficient (Wildman–Crippen LogP) is 3.54. The number of methoxy groups -OCH3 is 5. The SMILES string of the molecule is COc1c(C)c(OC)c(OC)c2c1C[C@H]1C(=O)N3[C@@H]([C@H](O)c4c(O)c(C)c(OC)c(OC)c4[C@@H]3COC(=O)C(C)(C)C)[C@@H]2N1C. The number of benzene rings is 2. The molecular formula is C33H44N2O10. The van der Waals surface area contributed by atoms with Gasteiger partial charge in [-0.2, -0.15) is 0 Å². The number of esters is 1. The van der Waals surface area contributed by atoms with Gasteiger partial charge in [0.1, 0.15) is 24.2 Å². The lowest BCUT2D eigenvalue weighted by Gasteiger charge is -2.58. The number of hydrogen-bond donors (Lipinski definition) is 2. The highest BCUT2D eigenvalue weighted by Gasteiger charge is 2.59. The molecule has 0 saturated carbocycles. The molecule has 45 heavy (non-hydrogen) atoms. The first-order valence-electron chi connectivity index (χ1n) is 14.9. The van der Waals surface area contributed by atoms with E-state index in [2.05, 4.69) is 0 Å². The average Bonchev–Trinajstić information content (AvgIpc) is 2.99. The summed E-state index contributed by atoms with van der Waals surface area (Å²) >= 11 is 0. The number of aromatic hydroxyl groups is 1. The molecule has 2 N–H and O–H groups in total. The maximum atomic E-state index is 14.7. The van der Waals surface area contributed by atoms with E-state index in [1.807, 2.05) is 18.9 Å². The van der Waals surface area contributed by atoms with Gasteiger partial charge >= 0.3 is 5.97 Å². The molecule has 1 fully saturated rings. The van der Waals surface area contributed by atoms with Crippen LogP contribution in [0.2, 0.25) is 0 Å². The molecule has 0 aromatic heterocycles. The Bertz CT molecular complexity index is 1550. The van der Waals surface area contributed by atoms with Gasteiger partial charge in [-0.3, -0.25) is 14.5 Å². The molecule has 1 amide bonds. The summed E-state index contributed by atoms with van der Waals surface area (Å²) in [5.74, 6) is 1.09. The summed E-state index contributed by atoms with van der Waals surface area (Å²) in [7, 11) is 9.41. The van der Waals surface area contributed by atoms with Crippen LogP contribution in [0.4, 0.5) is 0 Å². The minimum absolute atomic E-state index is 0.181. The second-order valence-electron chi connectivity index (χ2n) is 12.9. The Hall–Kier alpha value is -3.90. The van der Waals surface area contributed by atoms with Gasteiger partial charge in [-0.25, -0.2) is 0 Å². The first kappa shape index (κ1) is 32.5. The Labute approximate surface area is 263 Å². The van der Waals surface area contributed by atoms with Gasteiger partial charge in [0.05, 0.1) is 65.1 Å². The second kappa shape index (κ2) is 11.5. The number of fused-ring (bicyclic) bond motifs is 7. The van der Waals surface area contributed by atoms with Crippen LogP contribution >= 0.6 is 0 Å². The summed E-state index contributed by atoms with van der Waals surface area (Å²) in [5.41, 5.74) is 2.28. The van der Waals surface area contributed by atoms with Crippen molar-refractivity contribution in [1.29, 1.82) is 0 Å². The van der Waals surface area contributed by atoms with E-state index in [0.29, 0.717) is 40.4 Å². The number of rotatable bonds is 7. The van der Waals surface area contributed by atoms with Gasteiger partial charge in [-0.1, -0.05) is 0 Å². The van der Waals surface area contributed by atoms with E-state index < -0.39 is 41.7 Å². The summed E-state index contributed by atoms with van der Waals surface area (Å²) < 4.78 is 35.0. The zero-order valence-electron chi connectivity index (χ0n) is 27.9. The minimum Gasteiger partial charge on any atom is -0.507 e. The fourth-order valence-corrected chi connectivity index (χ4v) is 7.46. The van der Waals surface area contributed by atoms with E-state index >= 15 is 0 Å². The number of carbonyl (C=O) groups excluding carboxylic acids is 2. The average molecular weight is 629 g/mol. The number of amides is 1. The molecule has 0 unspecified atom stereocenters. The molecule has 0 radical (unpaired) electrons. The highest BCUT2D eigenvalue weighted by molar-refractivity contribution is 5.87. The number of nitrogens with zero attached hydrogens (tertiary/aromatic N) is 2. The fraction of sp³-hybridized carbons (Fsp3) is 0.576. The van der Waals surface area contributed by atoms with Crippen molar-refractivity contribution in [1.82, 2.24) is 9.80 Å². The summed E-state index contributed by atoms with van der Waals surface area (Å²) in [6.45, 7) is 8.52. The zero-order valence-corrected chi connectivity index (χ0v) is 27.9. The molecule has 12 heteroatoms. The third-order valence-corrected chi connectivity index (χ3v) is 9.52. The lowest BCUT2D eigenvalue weighted by Crippen LogP contribution is -2.68. The maximum absolute atomic E-state index is 14.7. The number of phenolic OH excluding ortho intramolecular Hbond substituents is 1. The molecule has 12 nitrogen and oxygen atoms in total. The first-order valence-corrected chi connectivity index (χ1v) is 14.9. The second-order valence-corrected chi connectivity index (χ2v) is 12.9. The summed E-state index contributed by atoms with van der Waals surface area (Å²) in [5, 5.41) is 24.0. The lowest BCUT2D eigenvalue weighted by molar-refractivity contribution is -0.173. The lowest BCUT2D eigenvalue weighted by atomic mass is 9.72. The topological polar surface area (TPSA) is 136 Å². The van der Waals surface area contributed by atoms with Gasteiger partial charge in [0.25, 0.3) is 0 Å². The number of aliphatic hydroxyl groups is 1. The molecule has 3 aliphatic heterocycles. The van der Waals surface area contributed by atoms with E-state index in [1.54, 1.807) is 53.9 Å². The van der Waals surface area contributed by atoms with Gasteiger partial charge in [-0.15, -0.1) is 0 Å². The zero-order chi connectivity index (χ0) is 33.3. The van der Waals surface area contributed by atoms with Crippen LogP contribution in [-0.4, -0.2) is 93.2 Å². The predicted molar refractivity (Wildman–Crippen MR) is 164 cm³/mol. The van der Waals surface area contributed by atoms with E-state index in [0.717, 1.165) is 11.1 Å². The number of ether oxygens (including phenoxy) is 6. The Morgan fingerprint density at radius 3 is 1.91 bits per heavy atom. The molecule has 3 heterocycles. The van der Waals surface area contributed by atoms with Gasteiger partial charge in [-0.05, 0) is 41.7 Å². The van der Waals surface area contributed by atoms with Crippen molar-refractivity contribution in [3.05, 3.63) is 33.4 Å². The summed E-state index contributed by atoms with van der Waals surface area (Å²) in [6.07, 6.45) is -1.09. The van der Waals surface area contributed by atoms with Crippen LogP contribution in [0.25, 0.3) is 0 Å². The van der Waals surface area contributed by atoms with Crippen molar-refractivity contribution in [3.8, 4) is 34.5 Å². The Morgan fingerprint density at radius 2 is 1.38 bits per heavy atom. The van der Waals surface area contributed by atoms with Crippen LogP contribution in [0.15, 0.2) is 0 Å². The van der Waals surface area contributed by atoms with Gasteiger partial charge < -0.3 is 43.5 Å². The number of aliphatic hydroxyl groups excluding tert-OH is 1. The molecule has 2 aromatic rings. The normalized spacial score (nSPS) is 23.9. The van der Waals surface area contributed by atoms with Crippen LogP contribution in [-0.2, 0) is 20.7 Å². The van der Waals surface area contributed by atoms with Crippen LogP contribution in [0.5, 0.6) is 34.5 Å². The third-order valence-electron chi connectivity index (χ3n) is 9.52. The van der Waals surface area contributed by atoms with Crippen LogP contribution < -0.4 is 23.7 Å². The quantitative estimate of drug-likeness (QED) is 0.436. The number of piperazine rings is 1.